The zero-order valence-electron chi connectivity index (χ0n) is 13.7. The number of nitrogens with one attached hydrogen (secondary N) is 1. The van der Waals surface area contributed by atoms with E-state index in [-0.39, 0.29) is 12.4 Å². The summed E-state index contributed by atoms with van der Waals surface area (Å²) in [6.45, 7) is 14.0. The topological polar surface area (TPSA) is 24.5 Å². The van der Waals surface area contributed by atoms with Crippen molar-refractivity contribution in [3.63, 3.8) is 0 Å². The maximum absolute atomic E-state index is 5.90. The Kier molecular flexibility index (Phi) is 7.50. The molecule has 0 saturated carbocycles. The fourth-order valence-corrected chi connectivity index (χ4v) is 2.89. The van der Waals surface area contributed by atoms with E-state index in [0.717, 1.165) is 38.5 Å². The van der Waals surface area contributed by atoms with Gasteiger partial charge in [0.1, 0.15) is 12.4 Å². The first kappa shape index (κ1) is 18.3. The molecule has 1 saturated heterocycles. The van der Waals surface area contributed by atoms with Crippen molar-refractivity contribution in [3.8, 4) is 5.75 Å². The average molecular weight is 313 g/mol. The monoisotopic (exact) mass is 312 g/mol. The highest BCUT2D eigenvalue weighted by Gasteiger charge is 2.14. The van der Waals surface area contributed by atoms with Crippen LogP contribution in [0.4, 0.5) is 0 Å². The van der Waals surface area contributed by atoms with Crippen molar-refractivity contribution in [2.75, 3.05) is 32.8 Å². The Bertz CT molecular complexity index is 437. The number of ether oxygens (including phenoxy) is 1. The summed E-state index contributed by atoms with van der Waals surface area (Å²) < 4.78 is 5.90. The van der Waals surface area contributed by atoms with E-state index in [1.165, 1.54) is 11.1 Å². The van der Waals surface area contributed by atoms with E-state index in [0.29, 0.717) is 12.0 Å². The molecule has 1 fully saturated rings. The summed E-state index contributed by atoms with van der Waals surface area (Å²) in [7, 11) is 0. The van der Waals surface area contributed by atoms with Crippen LogP contribution in [-0.4, -0.2) is 43.7 Å². The second kappa shape index (κ2) is 8.62. The molecular formula is C17H29ClN2O. The van der Waals surface area contributed by atoms with Crippen molar-refractivity contribution in [1.29, 1.82) is 0 Å². The van der Waals surface area contributed by atoms with Crippen LogP contribution in [0.5, 0.6) is 5.75 Å². The van der Waals surface area contributed by atoms with E-state index in [1.54, 1.807) is 0 Å². The molecule has 1 atom stereocenters. The molecule has 0 aliphatic carbocycles. The largest absolute Gasteiger partial charge is 0.492 e. The second-order valence-electron chi connectivity index (χ2n) is 6.18. The Balaban J connectivity index is 0.00000220. The maximum atomic E-state index is 5.90. The second-order valence-corrected chi connectivity index (χ2v) is 6.18. The fourth-order valence-electron chi connectivity index (χ4n) is 2.89. The molecule has 21 heavy (non-hydrogen) atoms. The number of rotatable bonds is 5. The summed E-state index contributed by atoms with van der Waals surface area (Å²) >= 11 is 0. The number of hydrogen-bond donors (Lipinski definition) is 1. The van der Waals surface area contributed by atoms with Crippen LogP contribution >= 0.6 is 12.4 Å². The van der Waals surface area contributed by atoms with Crippen molar-refractivity contribution in [2.45, 2.75) is 39.7 Å². The minimum Gasteiger partial charge on any atom is -0.492 e. The molecule has 1 N–H and O–H groups in total. The highest BCUT2D eigenvalue weighted by atomic mass is 35.5. The van der Waals surface area contributed by atoms with Crippen LogP contribution in [0.25, 0.3) is 0 Å². The SMILES string of the molecule is Cc1cc(OCCN2CCNC(C)C2)ccc1C(C)C.Cl. The molecule has 120 valence electrons. The Morgan fingerprint density at radius 3 is 2.76 bits per heavy atom. The van der Waals surface area contributed by atoms with Crippen LogP contribution in [0.3, 0.4) is 0 Å². The predicted molar refractivity (Wildman–Crippen MR) is 91.9 cm³/mol. The molecule has 1 unspecified atom stereocenters. The van der Waals surface area contributed by atoms with Crippen LogP contribution in [0.15, 0.2) is 18.2 Å². The number of aryl methyl sites for hydroxylation is 1. The predicted octanol–water partition coefficient (Wildman–Crippen LogP) is 3.21. The molecule has 0 aromatic heterocycles. The molecule has 1 aliphatic rings. The summed E-state index contributed by atoms with van der Waals surface area (Å²) in [6.07, 6.45) is 0. The Morgan fingerprint density at radius 1 is 1.38 bits per heavy atom. The summed E-state index contributed by atoms with van der Waals surface area (Å²) in [5.41, 5.74) is 2.74. The molecular weight excluding hydrogens is 284 g/mol. The molecule has 0 bridgehead atoms. The van der Waals surface area contributed by atoms with E-state index < -0.39 is 0 Å². The van der Waals surface area contributed by atoms with Crippen molar-refractivity contribution < 1.29 is 4.74 Å². The van der Waals surface area contributed by atoms with Crippen LogP contribution < -0.4 is 10.1 Å². The van der Waals surface area contributed by atoms with Crippen molar-refractivity contribution in [2.24, 2.45) is 0 Å². The van der Waals surface area contributed by atoms with E-state index >= 15 is 0 Å². The number of halogens is 1. The maximum Gasteiger partial charge on any atom is 0.119 e. The highest BCUT2D eigenvalue weighted by molar-refractivity contribution is 5.85. The molecule has 4 heteroatoms. The van der Waals surface area contributed by atoms with Gasteiger partial charge >= 0.3 is 0 Å². The Labute approximate surface area is 135 Å². The van der Waals surface area contributed by atoms with Gasteiger partial charge in [0.15, 0.2) is 0 Å². The van der Waals surface area contributed by atoms with E-state index in [1.807, 2.05) is 0 Å². The molecule has 3 nitrogen and oxygen atoms in total. The molecule has 1 aromatic rings. The summed E-state index contributed by atoms with van der Waals surface area (Å²) in [5.74, 6) is 1.57. The van der Waals surface area contributed by atoms with Crippen LogP contribution in [0.2, 0.25) is 0 Å². The van der Waals surface area contributed by atoms with Gasteiger partial charge in [-0.05, 0) is 43.0 Å². The zero-order valence-corrected chi connectivity index (χ0v) is 14.5. The summed E-state index contributed by atoms with van der Waals surface area (Å²) in [4.78, 5) is 2.47. The van der Waals surface area contributed by atoms with E-state index in [4.69, 9.17) is 4.74 Å². The van der Waals surface area contributed by atoms with Gasteiger partial charge in [-0.25, -0.2) is 0 Å². The lowest BCUT2D eigenvalue weighted by molar-refractivity contribution is 0.170. The van der Waals surface area contributed by atoms with Gasteiger partial charge in [0.25, 0.3) is 0 Å². The Morgan fingerprint density at radius 2 is 2.14 bits per heavy atom. The van der Waals surface area contributed by atoms with E-state index in [9.17, 15) is 0 Å². The number of hydrogen-bond acceptors (Lipinski definition) is 3. The third-order valence-electron chi connectivity index (χ3n) is 3.99. The highest BCUT2D eigenvalue weighted by Crippen LogP contribution is 2.23. The van der Waals surface area contributed by atoms with Gasteiger partial charge in [0.2, 0.25) is 0 Å². The third-order valence-corrected chi connectivity index (χ3v) is 3.99. The average Bonchev–Trinajstić information content (AvgIpc) is 2.38. The van der Waals surface area contributed by atoms with E-state index in [2.05, 4.69) is 56.1 Å². The summed E-state index contributed by atoms with van der Waals surface area (Å²) in [5, 5.41) is 3.46. The quantitative estimate of drug-likeness (QED) is 0.903. The van der Waals surface area contributed by atoms with Gasteiger partial charge in [-0.1, -0.05) is 19.9 Å². The standard InChI is InChI=1S/C17H28N2O.ClH/c1-13(2)17-6-5-16(11-14(17)3)20-10-9-19-8-7-18-15(4)12-19;/h5-6,11,13,15,18H,7-10,12H2,1-4H3;1H. The lowest BCUT2D eigenvalue weighted by atomic mass is 9.98. The number of nitrogens with zero attached hydrogens (tertiary/aromatic N) is 1. The minimum atomic E-state index is 0. The fraction of sp³-hybridized carbons (Fsp3) is 0.647. The van der Waals surface area contributed by atoms with Crippen molar-refractivity contribution in [3.05, 3.63) is 29.3 Å². The Hall–Kier alpha value is -0.770. The van der Waals surface area contributed by atoms with Crippen LogP contribution in [0.1, 0.15) is 37.8 Å². The van der Waals surface area contributed by atoms with Crippen molar-refractivity contribution in [1.82, 2.24) is 10.2 Å². The lowest BCUT2D eigenvalue weighted by Crippen LogP contribution is -2.50. The number of benzene rings is 1. The van der Waals surface area contributed by atoms with Crippen molar-refractivity contribution >= 4 is 12.4 Å². The lowest BCUT2D eigenvalue weighted by Gasteiger charge is -2.31. The number of piperazine rings is 1. The normalized spacial score (nSPS) is 19.4. The first-order valence-corrected chi connectivity index (χ1v) is 7.75. The van der Waals surface area contributed by atoms with Gasteiger partial charge in [-0.15, -0.1) is 12.4 Å². The molecule has 0 amide bonds. The van der Waals surface area contributed by atoms with Gasteiger partial charge in [0.05, 0.1) is 0 Å². The smallest absolute Gasteiger partial charge is 0.119 e. The summed E-state index contributed by atoms with van der Waals surface area (Å²) in [6, 6.07) is 7.05. The van der Waals surface area contributed by atoms with Crippen LogP contribution in [-0.2, 0) is 0 Å². The molecule has 0 radical (unpaired) electrons. The van der Waals surface area contributed by atoms with Crippen LogP contribution in [0, 0.1) is 6.92 Å². The molecule has 1 aromatic carbocycles. The van der Waals surface area contributed by atoms with Gasteiger partial charge in [-0.2, -0.15) is 0 Å². The zero-order chi connectivity index (χ0) is 14.5. The molecule has 1 aliphatic heterocycles. The van der Waals surface area contributed by atoms with Gasteiger partial charge in [0, 0.05) is 32.2 Å². The molecule has 2 rings (SSSR count). The third kappa shape index (κ3) is 5.50. The van der Waals surface area contributed by atoms with Gasteiger partial charge in [-0.3, -0.25) is 4.90 Å². The minimum absolute atomic E-state index is 0. The molecule has 0 spiro atoms. The van der Waals surface area contributed by atoms with Gasteiger partial charge < -0.3 is 10.1 Å². The first-order chi connectivity index (χ1) is 9.56. The first-order valence-electron chi connectivity index (χ1n) is 7.75. The molecule has 1 heterocycles.